The van der Waals surface area contributed by atoms with Gasteiger partial charge in [0.05, 0.1) is 5.69 Å². The summed E-state index contributed by atoms with van der Waals surface area (Å²) >= 11 is 1.87. The first-order chi connectivity index (χ1) is 31.5. The molecular formula is C61H41NOS. The standard InChI is InChI=1S/C61H41NOS/c1-61(2)54-21-10-8-17-48(54)49-33-28-42(37-55(49)61)45-35-36-52-51-34-27-40-15-6-7-16-46(40)58(51)63-59(52)57(45)62(43-29-23-39(24-30-43)38-13-4-3-5-14-38)44-31-25-41(26-32-44)47-19-12-20-53-50-18-9-11-22-56(50)64-60(47)53/h3-37H,1-2H3. The second kappa shape index (κ2) is 14.2. The Morgan fingerprint density at radius 2 is 0.984 bits per heavy atom. The molecule has 0 N–H and O–H groups in total. The quantitative estimate of drug-likeness (QED) is 0.166. The minimum atomic E-state index is -0.148. The Morgan fingerprint density at radius 1 is 0.391 bits per heavy atom. The minimum Gasteiger partial charge on any atom is -0.453 e. The van der Waals surface area contributed by atoms with Crippen LogP contribution in [0.25, 0.3) is 97.4 Å². The molecule has 0 saturated carbocycles. The van der Waals surface area contributed by atoms with Crippen LogP contribution in [-0.2, 0) is 5.41 Å². The van der Waals surface area contributed by atoms with Crippen molar-refractivity contribution in [2.45, 2.75) is 19.3 Å². The molecular weight excluding hydrogens is 795 g/mol. The number of furan rings is 1. The third-order valence-corrected chi connectivity index (χ3v) is 14.9. The fourth-order valence-electron chi connectivity index (χ4n) is 10.5. The highest BCUT2D eigenvalue weighted by Crippen LogP contribution is 2.53. The summed E-state index contributed by atoms with van der Waals surface area (Å²) in [6, 6.07) is 77.8. The van der Waals surface area contributed by atoms with E-state index in [2.05, 4.69) is 231 Å². The average Bonchev–Trinajstić information content (AvgIpc) is 4.00. The smallest absolute Gasteiger partial charge is 0.160 e. The molecule has 10 aromatic carbocycles. The van der Waals surface area contributed by atoms with Gasteiger partial charge in [-0.3, -0.25) is 0 Å². The van der Waals surface area contributed by atoms with Gasteiger partial charge in [0.1, 0.15) is 5.58 Å². The van der Waals surface area contributed by atoms with Crippen molar-refractivity contribution in [2.24, 2.45) is 0 Å². The van der Waals surface area contributed by atoms with Gasteiger partial charge in [-0.1, -0.05) is 178 Å². The lowest BCUT2D eigenvalue weighted by Gasteiger charge is -2.29. The van der Waals surface area contributed by atoms with Gasteiger partial charge in [0, 0.05) is 58.7 Å². The van der Waals surface area contributed by atoms with Crippen molar-refractivity contribution in [3.8, 4) is 44.5 Å². The normalized spacial score (nSPS) is 13.0. The van der Waals surface area contributed by atoms with E-state index in [1.54, 1.807) is 0 Å². The van der Waals surface area contributed by atoms with Crippen LogP contribution in [0.4, 0.5) is 17.1 Å². The van der Waals surface area contributed by atoms with Crippen LogP contribution in [-0.4, -0.2) is 0 Å². The van der Waals surface area contributed by atoms with Gasteiger partial charge in [0.15, 0.2) is 5.58 Å². The third kappa shape index (κ3) is 5.57. The summed E-state index contributed by atoms with van der Waals surface area (Å²) in [5.41, 5.74) is 17.1. The van der Waals surface area contributed by atoms with E-state index in [4.69, 9.17) is 4.42 Å². The summed E-state index contributed by atoms with van der Waals surface area (Å²) in [5, 5.41) is 7.08. The van der Waals surface area contributed by atoms with Gasteiger partial charge in [-0.25, -0.2) is 0 Å². The summed E-state index contributed by atoms with van der Waals surface area (Å²) in [4.78, 5) is 2.42. The Bertz CT molecular complexity index is 3800. The van der Waals surface area contributed by atoms with E-state index in [9.17, 15) is 0 Å². The van der Waals surface area contributed by atoms with Gasteiger partial charge in [-0.05, 0) is 104 Å². The lowest BCUT2D eigenvalue weighted by atomic mass is 9.81. The summed E-state index contributed by atoms with van der Waals surface area (Å²) in [5.74, 6) is 0. The number of fused-ring (bicyclic) bond motifs is 11. The van der Waals surface area contributed by atoms with Crippen LogP contribution < -0.4 is 4.90 Å². The number of anilines is 3. The predicted molar refractivity (Wildman–Crippen MR) is 273 cm³/mol. The van der Waals surface area contributed by atoms with Crippen molar-refractivity contribution in [3.63, 3.8) is 0 Å². The number of hydrogen-bond donors (Lipinski definition) is 0. The number of nitrogens with zero attached hydrogens (tertiary/aromatic N) is 1. The molecule has 0 bridgehead atoms. The topological polar surface area (TPSA) is 16.4 Å². The van der Waals surface area contributed by atoms with Crippen LogP contribution in [0, 0.1) is 0 Å². The second-order valence-corrected chi connectivity index (χ2v) is 18.7. The number of hydrogen-bond acceptors (Lipinski definition) is 3. The molecule has 0 saturated heterocycles. The van der Waals surface area contributed by atoms with Crippen molar-refractivity contribution in [2.75, 3.05) is 4.90 Å². The first kappa shape index (κ1) is 36.9. The van der Waals surface area contributed by atoms with Crippen LogP contribution in [0.2, 0.25) is 0 Å². The fraction of sp³-hybridized carbons (Fsp3) is 0.0492. The number of thiophene rings is 1. The summed E-state index contributed by atoms with van der Waals surface area (Å²) in [6.07, 6.45) is 0. The molecule has 1 aliphatic carbocycles. The Balaban J connectivity index is 1.06. The summed E-state index contributed by atoms with van der Waals surface area (Å²) < 4.78 is 9.91. The molecule has 0 unspecified atom stereocenters. The van der Waals surface area contributed by atoms with Gasteiger partial charge in [-0.2, -0.15) is 0 Å². The van der Waals surface area contributed by atoms with Gasteiger partial charge < -0.3 is 9.32 Å². The fourth-order valence-corrected chi connectivity index (χ4v) is 11.7. The summed E-state index contributed by atoms with van der Waals surface area (Å²) in [7, 11) is 0. The van der Waals surface area contributed by atoms with Crippen molar-refractivity contribution in [1.82, 2.24) is 0 Å². The van der Waals surface area contributed by atoms with E-state index in [-0.39, 0.29) is 5.41 Å². The maximum atomic E-state index is 7.29. The van der Waals surface area contributed by atoms with Crippen LogP contribution in [0.3, 0.4) is 0 Å². The molecule has 0 atom stereocenters. The molecule has 12 aromatic rings. The molecule has 1 aliphatic rings. The predicted octanol–water partition coefficient (Wildman–Crippen LogP) is 17.9. The molecule has 64 heavy (non-hydrogen) atoms. The van der Waals surface area contributed by atoms with Crippen LogP contribution >= 0.6 is 11.3 Å². The SMILES string of the molecule is CC1(C)c2ccccc2-c2ccc(-c3ccc4c(oc5c6ccccc6ccc45)c3N(c3ccc(-c4ccccc4)cc3)c3ccc(-c4cccc5c4sc4ccccc45)cc3)cc21. The highest BCUT2D eigenvalue weighted by atomic mass is 32.1. The Labute approximate surface area is 375 Å². The van der Waals surface area contributed by atoms with E-state index in [1.165, 1.54) is 64.7 Å². The van der Waals surface area contributed by atoms with Crippen LogP contribution in [0.5, 0.6) is 0 Å². The zero-order valence-electron chi connectivity index (χ0n) is 35.5. The van der Waals surface area contributed by atoms with Gasteiger partial charge >= 0.3 is 0 Å². The molecule has 2 heterocycles. The zero-order valence-corrected chi connectivity index (χ0v) is 36.3. The molecule has 0 fully saturated rings. The molecule has 0 spiro atoms. The highest BCUT2D eigenvalue weighted by molar-refractivity contribution is 7.26. The molecule has 302 valence electrons. The first-order valence-electron chi connectivity index (χ1n) is 22.1. The summed E-state index contributed by atoms with van der Waals surface area (Å²) in [6.45, 7) is 4.72. The number of rotatable bonds is 6. The molecule has 3 heteroatoms. The monoisotopic (exact) mass is 835 g/mol. The van der Waals surface area contributed by atoms with Gasteiger partial charge in [0.25, 0.3) is 0 Å². The Kier molecular flexibility index (Phi) is 8.16. The maximum absolute atomic E-state index is 7.29. The zero-order chi connectivity index (χ0) is 42.5. The largest absolute Gasteiger partial charge is 0.453 e. The lowest BCUT2D eigenvalue weighted by molar-refractivity contribution is 0.660. The molecule has 13 rings (SSSR count). The average molecular weight is 836 g/mol. The van der Waals surface area contributed by atoms with Gasteiger partial charge in [-0.15, -0.1) is 11.3 Å². The molecule has 0 aliphatic heterocycles. The lowest BCUT2D eigenvalue weighted by Crippen LogP contribution is -2.15. The molecule has 2 nitrogen and oxygen atoms in total. The molecule has 0 radical (unpaired) electrons. The van der Waals surface area contributed by atoms with E-state index >= 15 is 0 Å². The van der Waals surface area contributed by atoms with Crippen molar-refractivity contribution in [1.29, 1.82) is 0 Å². The second-order valence-electron chi connectivity index (χ2n) is 17.6. The maximum Gasteiger partial charge on any atom is 0.160 e. The van der Waals surface area contributed by atoms with Crippen molar-refractivity contribution >= 4 is 81.3 Å². The van der Waals surface area contributed by atoms with Crippen molar-refractivity contribution < 1.29 is 4.42 Å². The minimum absolute atomic E-state index is 0.148. The highest BCUT2D eigenvalue weighted by Gasteiger charge is 2.36. The third-order valence-electron chi connectivity index (χ3n) is 13.7. The first-order valence-corrected chi connectivity index (χ1v) is 22.9. The number of benzene rings is 10. The Hall–Kier alpha value is -7.72. The Morgan fingerprint density at radius 3 is 1.81 bits per heavy atom. The van der Waals surface area contributed by atoms with Gasteiger partial charge in [0.2, 0.25) is 0 Å². The molecule has 0 amide bonds. The van der Waals surface area contributed by atoms with Crippen LogP contribution in [0.1, 0.15) is 25.0 Å². The van der Waals surface area contributed by atoms with Crippen molar-refractivity contribution in [3.05, 3.63) is 223 Å². The van der Waals surface area contributed by atoms with E-state index in [1.807, 2.05) is 11.3 Å². The molecule has 2 aromatic heterocycles. The van der Waals surface area contributed by atoms with Crippen LogP contribution in [0.15, 0.2) is 217 Å². The van der Waals surface area contributed by atoms with E-state index in [0.29, 0.717) is 0 Å². The van der Waals surface area contributed by atoms with E-state index < -0.39 is 0 Å². The van der Waals surface area contributed by atoms with E-state index in [0.717, 1.165) is 60.9 Å².